The molecular weight excluding hydrogens is 322 g/mol. The van der Waals surface area contributed by atoms with Crippen molar-refractivity contribution in [2.24, 2.45) is 0 Å². The number of nitrogens with zero attached hydrogens (tertiary/aromatic N) is 1. The van der Waals surface area contributed by atoms with E-state index in [0.717, 1.165) is 27.4 Å². The van der Waals surface area contributed by atoms with E-state index in [-0.39, 0.29) is 6.03 Å². The molecule has 1 rings (SSSR count). The van der Waals surface area contributed by atoms with E-state index >= 15 is 0 Å². The fraction of sp³-hybridized carbons (Fsp3) is 0.400. The highest BCUT2D eigenvalue weighted by molar-refractivity contribution is 9.10. The normalized spacial score (nSPS) is 10.0. The highest BCUT2D eigenvalue weighted by Gasteiger charge is 2.00. The highest BCUT2D eigenvalue weighted by atomic mass is 79.9. The first-order valence-electron chi connectivity index (χ1n) is 5.00. The van der Waals surface area contributed by atoms with Gasteiger partial charge in [-0.25, -0.2) is 4.79 Å². The molecule has 0 atom stereocenters. The van der Waals surface area contributed by atoms with Crippen molar-refractivity contribution in [1.29, 1.82) is 0 Å². The lowest BCUT2D eigenvalue weighted by atomic mass is 10.4. The molecule has 0 radical (unpaired) electrons. The predicted molar refractivity (Wildman–Crippen MR) is 78.1 cm³/mol. The summed E-state index contributed by atoms with van der Waals surface area (Å²) in [5.74, 6) is 2.72. The van der Waals surface area contributed by atoms with E-state index < -0.39 is 0 Å². The first-order valence-corrected chi connectivity index (χ1v) is 7.94. The average Bonchev–Trinajstić information content (AvgIpc) is 2.35. The summed E-state index contributed by atoms with van der Waals surface area (Å²) in [6.07, 6.45) is 1.79. The van der Waals surface area contributed by atoms with Crippen LogP contribution in [0.3, 0.4) is 0 Å². The molecule has 94 valence electrons. The Labute approximate surface area is 118 Å². The zero-order valence-electron chi connectivity index (χ0n) is 9.40. The molecule has 4 nitrogen and oxygen atoms in total. The second kappa shape index (κ2) is 8.66. The van der Waals surface area contributed by atoms with Crippen molar-refractivity contribution in [1.82, 2.24) is 15.0 Å². The van der Waals surface area contributed by atoms with Crippen molar-refractivity contribution in [3.05, 3.63) is 28.5 Å². The molecule has 1 aromatic rings. The second-order valence-electron chi connectivity index (χ2n) is 3.01. The molecule has 0 saturated carbocycles. The molecule has 0 bridgehead atoms. The maximum Gasteiger partial charge on any atom is 0.324 e. The lowest BCUT2D eigenvalue weighted by molar-refractivity contribution is 0.248. The van der Waals surface area contributed by atoms with Gasteiger partial charge in [0.2, 0.25) is 0 Å². The number of pyridine rings is 1. The van der Waals surface area contributed by atoms with Gasteiger partial charge in [-0.05, 0) is 40.0 Å². The number of thioether (sulfide) groups is 1. The predicted octanol–water partition coefficient (Wildman–Crippen LogP) is 2.65. The van der Waals surface area contributed by atoms with Gasteiger partial charge in [-0.1, -0.05) is 0 Å². The van der Waals surface area contributed by atoms with Crippen LogP contribution >= 0.6 is 39.6 Å². The molecule has 0 aliphatic carbocycles. The molecule has 2 amide bonds. The standard InChI is InChI=1S/C10H14BrN3OS2/c1-12-10(15)14-17-6-5-16-7-9-8(11)3-2-4-13-9/h2-4H,5-7H2,1H3,(H2,12,14,15). The van der Waals surface area contributed by atoms with Crippen LogP contribution in [0.4, 0.5) is 4.79 Å². The minimum atomic E-state index is -0.160. The summed E-state index contributed by atoms with van der Waals surface area (Å²) in [6, 6.07) is 3.74. The van der Waals surface area contributed by atoms with Gasteiger partial charge < -0.3 is 5.32 Å². The summed E-state index contributed by atoms with van der Waals surface area (Å²) in [5, 5.41) is 2.50. The Balaban J connectivity index is 2.09. The van der Waals surface area contributed by atoms with Crippen molar-refractivity contribution in [2.45, 2.75) is 5.75 Å². The maximum absolute atomic E-state index is 10.8. The lowest BCUT2D eigenvalue weighted by Gasteiger charge is -2.04. The van der Waals surface area contributed by atoms with Crippen LogP contribution < -0.4 is 10.0 Å². The van der Waals surface area contributed by atoms with E-state index in [0.29, 0.717) is 0 Å². The van der Waals surface area contributed by atoms with E-state index in [4.69, 9.17) is 0 Å². The third-order valence-corrected chi connectivity index (χ3v) is 4.48. The van der Waals surface area contributed by atoms with Gasteiger partial charge in [0.1, 0.15) is 0 Å². The summed E-state index contributed by atoms with van der Waals surface area (Å²) in [7, 11) is 1.60. The minimum Gasteiger partial charge on any atom is -0.341 e. The molecule has 0 unspecified atom stereocenters. The van der Waals surface area contributed by atoms with Crippen molar-refractivity contribution < 1.29 is 4.79 Å². The molecule has 2 N–H and O–H groups in total. The van der Waals surface area contributed by atoms with Crippen molar-refractivity contribution in [2.75, 3.05) is 18.6 Å². The van der Waals surface area contributed by atoms with Gasteiger partial charge >= 0.3 is 6.03 Å². The van der Waals surface area contributed by atoms with Crippen LogP contribution in [0.5, 0.6) is 0 Å². The van der Waals surface area contributed by atoms with E-state index in [1.54, 1.807) is 25.0 Å². The number of rotatable bonds is 6. The molecule has 1 heterocycles. The monoisotopic (exact) mass is 335 g/mol. The third kappa shape index (κ3) is 6.18. The molecule has 1 aromatic heterocycles. The summed E-state index contributed by atoms with van der Waals surface area (Å²) < 4.78 is 3.72. The van der Waals surface area contributed by atoms with E-state index in [1.807, 2.05) is 12.1 Å². The number of nitrogens with one attached hydrogen (secondary N) is 2. The first-order chi connectivity index (χ1) is 8.24. The van der Waals surface area contributed by atoms with E-state index in [2.05, 4.69) is 31.0 Å². The molecule has 0 aromatic carbocycles. The minimum absolute atomic E-state index is 0.160. The van der Waals surface area contributed by atoms with Crippen LogP contribution in [0.15, 0.2) is 22.8 Å². The SMILES string of the molecule is CNC(=O)NSCCSCc1ncccc1Br. The Bertz CT molecular complexity index is 365. The summed E-state index contributed by atoms with van der Waals surface area (Å²) in [4.78, 5) is 15.1. The number of hydrogen-bond acceptors (Lipinski definition) is 4. The Morgan fingerprint density at radius 3 is 3.06 bits per heavy atom. The number of aromatic nitrogens is 1. The number of urea groups is 1. The van der Waals surface area contributed by atoms with Gasteiger partial charge in [0.25, 0.3) is 0 Å². The quantitative estimate of drug-likeness (QED) is 0.619. The van der Waals surface area contributed by atoms with Crippen molar-refractivity contribution in [3.8, 4) is 0 Å². The Kier molecular flexibility index (Phi) is 7.46. The summed E-state index contributed by atoms with van der Waals surface area (Å²) in [5.41, 5.74) is 1.06. The van der Waals surface area contributed by atoms with Gasteiger partial charge in [-0.15, -0.1) is 0 Å². The molecule has 0 spiro atoms. The zero-order chi connectivity index (χ0) is 12.5. The highest BCUT2D eigenvalue weighted by Crippen LogP contribution is 2.19. The maximum atomic E-state index is 10.8. The number of halogens is 1. The van der Waals surface area contributed by atoms with Gasteiger partial charge in [0.15, 0.2) is 0 Å². The molecule has 7 heteroatoms. The molecular formula is C10H14BrN3OS2. The largest absolute Gasteiger partial charge is 0.341 e. The lowest BCUT2D eigenvalue weighted by Crippen LogP contribution is -2.27. The fourth-order valence-corrected chi connectivity index (χ4v) is 3.25. The van der Waals surface area contributed by atoms with Gasteiger partial charge in [-0.2, -0.15) is 11.8 Å². The summed E-state index contributed by atoms with van der Waals surface area (Å²) >= 11 is 6.67. The molecule has 0 saturated heterocycles. The van der Waals surface area contributed by atoms with Crippen molar-refractivity contribution in [3.63, 3.8) is 0 Å². The first kappa shape index (κ1) is 14.7. The third-order valence-electron chi connectivity index (χ3n) is 1.80. The molecule has 0 aliphatic heterocycles. The van der Waals surface area contributed by atoms with E-state index in [9.17, 15) is 4.79 Å². The number of amides is 2. The summed E-state index contributed by atoms with van der Waals surface area (Å²) in [6.45, 7) is 0. The Morgan fingerprint density at radius 1 is 1.53 bits per heavy atom. The second-order valence-corrected chi connectivity index (χ2v) is 5.87. The number of carbonyl (C=O) groups excluding carboxylic acids is 1. The number of carbonyl (C=O) groups is 1. The average molecular weight is 336 g/mol. The molecule has 0 aliphatic rings. The van der Waals surface area contributed by atoms with Crippen molar-refractivity contribution >= 4 is 45.7 Å². The molecule has 0 fully saturated rings. The molecule has 17 heavy (non-hydrogen) atoms. The van der Waals surface area contributed by atoms with Crippen LogP contribution in [0, 0.1) is 0 Å². The topological polar surface area (TPSA) is 54.0 Å². The zero-order valence-corrected chi connectivity index (χ0v) is 12.6. The van der Waals surface area contributed by atoms with Crippen LogP contribution in [0.2, 0.25) is 0 Å². The smallest absolute Gasteiger partial charge is 0.324 e. The van der Waals surface area contributed by atoms with Gasteiger partial charge in [0, 0.05) is 35.0 Å². The van der Waals surface area contributed by atoms with Crippen LogP contribution in [0.1, 0.15) is 5.69 Å². The number of hydrogen-bond donors (Lipinski definition) is 2. The Hall–Kier alpha value is -0.400. The van der Waals surface area contributed by atoms with Gasteiger partial charge in [0.05, 0.1) is 5.69 Å². The van der Waals surface area contributed by atoms with Crippen LogP contribution in [-0.2, 0) is 5.75 Å². The fourth-order valence-electron chi connectivity index (χ4n) is 0.962. The van der Waals surface area contributed by atoms with E-state index in [1.165, 1.54) is 11.9 Å². The van der Waals surface area contributed by atoms with Crippen LogP contribution in [0.25, 0.3) is 0 Å². The van der Waals surface area contributed by atoms with Crippen LogP contribution in [-0.4, -0.2) is 29.6 Å². The Morgan fingerprint density at radius 2 is 2.35 bits per heavy atom. The van der Waals surface area contributed by atoms with Gasteiger partial charge in [-0.3, -0.25) is 9.71 Å².